The molecule has 1 nitrogen and oxygen atoms in total. The summed E-state index contributed by atoms with van der Waals surface area (Å²) in [5.74, 6) is -0.185. The lowest BCUT2D eigenvalue weighted by molar-refractivity contribution is 0.571. The van der Waals surface area contributed by atoms with E-state index in [2.05, 4.69) is 31.1 Å². The molecule has 1 aromatic carbocycles. The van der Waals surface area contributed by atoms with Gasteiger partial charge in [-0.1, -0.05) is 32.9 Å². The minimum absolute atomic E-state index is 0.0800. The van der Waals surface area contributed by atoms with Gasteiger partial charge < -0.3 is 0 Å². The molecule has 0 aliphatic heterocycles. The summed E-state index contributed by atoms with van der Waals surface area (Å²) < 4.78 is 13.0. The van der Waals surface area contributed by atoms with Gasteiger partial charge in [-0.15, -0.1) is 11.3 Å². The van der Waals surface area contributed by atoms with E-state index in [4.69, 9.17) is 0 Å². The molecule has 0 bridgehead atoms. The normalized spacial score (nSPS) is 11.8. The lowest BCUT2D eigenvalue weighted by Crippen LogP contribution is -2.11. The molecule has 0 amide bonds. The number of hydrogen-bond acceptors (Lipinski definition) is 2. The Kier molecular flexibility index (Phi) is 3.29. The smallest absolute Gasteiger partial charge is 0.123 e. The van der Waals surface area contributed by atoms with Gasteiger partial charge in [0.15, 0.2) is 0 Å². The summed E-state index contributed by atoms with van der Waals surface area (Å²) in [5.41, 5.74) is 2.16. The Morgan fingerprint density at radius 3 is 2.65 bits per heavy atom. The van der Waals surface area contributed by atoms with Gasteiger partial charge in [0, 0.05) is 17.2 Å². The van der Waals surface area contributed by atoms with E-state index in [1.165, 1.54) is 6.07 Å². The highest BCUT2D eigenvalue weighted by atomic mass is 32.1. The predicted octanol–water partition coefficient (Wildman–Crippen LogP) is 4.17. The van der Waals surface area contributed by atoms with Gasteiger partial charge in [-0.05, 0) is 17.7 Å². The molecule has 0 atom stereocenters. The molecule has 0 spiro atoms. The molecule has 0 radical (unpaired) electrons. The summed E-state index contributed by atoms with van der Waals surface area (Å²) >= 11 is 1.64. The third-order valence-corrected chi connectivity index (χ3v) is 3.41. The first-order valence-electron chi connectivity index (χ1n) is 5.64. The molecule has 0 saturated carbocycles. The summed E-state index contributed by atoms with van der Waals surface area (Å²) in [4.78, 5) is 4.60. The maximum Gasteiger partial charge on any atom is 0.123 e. The van der Waals surface area contributed by atoms with Crippen molar-refractivity contribution in [1.29, 1.82) is 0 Å². The summed E-state index contributed by atoms with van der Waals surface area (Å²) in [6.45, 7) is 6.44. The molecule has 2 rings (SSSR count). The van der Waals surface area contributed by atoms with Crippen molar-refractivity contribution in [3.63, 3.8) is 0 Å². The van der Waals surface area contributed by atoms with Crippen molar-refractivity contribution < 1.29 is 4.39 Å². The van der Waals surface area contributed by atoms with Crippen LogP contribution in [0.15, 0.2) is 29.6 Å². The molecule has 0 aliphatic rings. The monoisotopic (exact) mass is 249 g/mol. The van der Waals surface area contributed by atoms with E-state index in [1.807, 2.05) is 6.07 Å². The highest BCUT2D eigenvalue weighted by Gasteiger charge is 2.17. The van der Waals surface area contributed by atoms with Crippen LogP contribution in [0.3, 0.4) is 0 Å². The van der Waals surface area contributed by atoms with Gasteiger partial charge in [-0.2, -0.15) is 0 Å². The first kappa shape index (κ1) is 12.2. The molecular weight excluding hydrogens is 233 g/mol. The van der Waals surface area contributed by atoms with Gasteiger partial charge in [0.25, 0.3) is 0 Å². The molecule has 2 aromatic rings. The molecule has 0 unspecified atom stereocenters. The van der Waals surface area contributed by atoms with E-state index in [0.717, 1.165) is 16.3 Å². The Hall–Kier alpha value is -1.22. The Labute approximate surface area is 105 Å². The zero-order chi connectivity index (χ0) is 12.5. The lowest BCUT2D eigenvalue weighted by Gasteiger charge is -2.14. The average Bonchev–Trinajstić information content (AvgIpc) is 2.65. The van der Waals surface area contributed by atoms with Gasteiger partial charge in [-0.3, -0.25) is 0 Å². The van der Waals surface area contributed by atoms with Crippen LogP contribution in [0.1, 0.15) is 37.0 Å². The Morgan fingerprint density at radius 2 is 2.06 bits per heavy atom. The maximum absolute atomic E-state index is 13.0. The highest BCUT2D eigenvalue weighted by molar-refractivity contribution is 7.09. The quantitative estimate of drug-likeness (QED) is 0.778. The van der Waals surface area contributed by atoms with Gasteiger partial charge >= 0.3 is 0 Å². The SMILES string of the molecule is CC(C)(C)c1csc(Cc2cccc(F)c2)n1. The molecule has 90 valence electrons. The van der Waals surface area contributed by atoms with Crippen molar-refractivity contribution in [1.82, 2.24) is 4.98 Å². The van der Waals surface area contributed by atoms with E-state index in [-0.39, 0.29) is 11.2 Å². The standard InChI is InChI=1S/C14H16FNS/c1-14(2,3)12-9-17-13(16-12)8-10-5-4-6-11(15)7-10/h4-7,9H,8H2,1-3H3. The number of halogens is 1. The van der Waals surface area contributed by atoms with E-state index >= 15 is 0 Å². The van der Waals surface area contributed by atoms with Crippen LogP contribution in [0.4, 0.5) is 4.39 Å². The van der Waals surface area contributed by atoms with Crippen molar-refractivity contribution >= 4 is 11.3 Å². The molecule has 1 aromatic heterocycles. The third-order valence-electron chi connectivity index (χ3n) is 2.56. The van der Waals surface area contributed by atoms with Gasteiger partial charge in [0.2, 0.25) is 0 Å². The highest BCUT2D eigenvalue weighted by Crippen LogP contribution is 2.25. The summed E-state index contributed by atoms with van der Waals surface area (Å²) in [6.07, 6.45) is 0.707. The number of thiazole rings is 1. The van der Waals surface area contributed by atoms with Crippen LogP contribution < -0.4 is 0 Å². The largest absolute Gasteiger partial charge is 0.245 e. The zero-order valence-corrected chi connectivity index (χ0v) is 11.1. The summed E-state index contributed by atoms with van der Waals surface area (Å²) in [6, 6.07) is 6.70. The second kappa shape index (κ2) is 4.57. The third kappa shape index (κ3) is 3.13. The molecule has 0 saturated heterocycles. The first-order chi connectivity index (χ1) is 7.95. The minimum Gasteiger partial charge on any atom is -0.245 e. The van der Waals surface area contributed by atoms with Gasteiger partial charge in [-0.25, -0.2) is 9.37 Å². The molecular formula is C14H16FNS. The number of benzene rings is 1. The van der Waals surface area contributed by atoms with E-state index in [1.54, 1.807) is 23.5 Å². The van der Waals surface area contributed by atoms with E-state index < -0.39 is 0 Å². The Bertz CT molecular complexity index is 511. The summed E-state index contributed by atoms with van der Waals surface area (Å²) in [5, 5.41) is 3.13. The second-order valence-electron chi connectivity index (χ2n) is 5.18. The fourth-order valence-electron chi connectivity index (χ4n) is 1.56. The average molecular weight is 249 g/mol. The predicted molar refractivity (Wildman–Crippen MR) is 70.0 cm³/mol. The topological polar surface area (TPSA) is 12.9 Å². The van der Waals surface area contributed by atoms with Crippen molar-refractivity contribution in [2.45, 2.75) is 32.6 Å². The molecule has 0 N–H and O–H groups in total. The molecule has 0 aliphatic carbocycles. The number of nitrogens with zero attached hydrogens (tertiary/aromatic N) is 1. The van der Waals surface area contributed by atoms with Crippen molar-refractivity contribution in [3.8, 4) is 0 Å². The fraction of sp³-hybridized carbons (Fsp3) is 0.357. The van der Waals surface area contributed by atoms with Crippen molar-refractivity contribution in [3.05, 3.63) is 51.7 Å². The Morgan fingerprint density at radius 1 is 1.29 bits per heavy atom. The number of hydrogen-bond donors (Lipinski definition) is 0. The van der Waals surface area contributed by atoms with Crippen molar-refractivity contribution in [2.24, 2.45) is 0 Å². The molecule has 0 fully saturated rings. The van der Waals surface area contributed by atoms with Crippen LogP contribution in [0.25, 0.3) is 0 Å². The number of aromatic nitrogens is 1. The zero-order valence-electron chi connectivity index (χ0n) is 10.3. The van der Waals surface area contributed by atoms with Gasteiger partial charge in [0.05, 0.1) is 10.7 Å². The van der Waals surface area contributed by atoms with Gasteiger partial charge in [0.1, 0.15) is 5.82 Å². The Balaban J connectivity index is 2.17. The lowest BCUT2D eigenvalue weighted by atomic mass is 9.93. The van der Waals surface area contributed by atoms with E-state index in [0.29, 0.717) is 6.42 Å². The van der Waals surface area contributed by atoms with E-state index in [9.17, 15) is 4.39 Å². The van der Waals surface area contributed by atoms with Crippen LogP contribution >= 0.6 is 11.3 Å². The molecule has 3 heteroatoms. The van der Waals surface area contributed by atoms with Crippen LogP contribution in [0.5, 0.6) is 0 Å². The summed E-state index contributed by atoms with van der Waals surface area (Å²) in [7, 11) is 0. The maximum atomic E-state index is 13.0. The van der Waals surface area contributed by atoms with Crippen LogP contribution in [-0.2, 0) is 11.8 Å². The van der Waals surface area contributed by atoms with Crippen LogP contribution in [0, 0.1) is 5.82 Å². The minimum atomic E-state index is -0.185. The van der Waals surface area contributed by atoms with Crippen molar-refractivity contribution in [2.75, 3.05) is 0 Å². The van der Waals surface area contributed by atoms with Crippen LogP contribution in [0.2, 0.25) is 0 Å². The fourth-order valence-corrected chi connectivity index (χ4v) is 2.61. The van der Waals surface area contributed by atoms with Crippen LogP contribution in [-0.4, -0.2) is 4.98 Å². The first-order valence-corrected chi connectivity index (χ1v) is 6.52. The molecule has 1 heterocycles. The number of rotatable bonds is 2. The molecule has 17 heavy (non-hydrogen) atoms. The second-order valence-corrected chi connectivity index (χ2v) is 6.13.